The van der Waals surface area contributed by atoms with Crippen molar-refractivity contribution in [2.24, 2.45) is 5.92 Å². The molecule has 2 aromatic rings. The number of benzene rings is 2. The smallest absolute Gasteiger partial charge is 0.550 e. The third-order valence-corrected chi connectivity index (χ3v) is 4.30. The van der Waals surface area contributed by atoms with Crippen LogP contribution in [0, 0.1) is 5.92 Å². The number of β-amino-alcohol motifs (C(OH)–C–C–N with tert-alkyl or cyclic N) is 1. The van der Waals surface area contributed by atoms with Gasteiger partial charge in [-0.25, -0.2) is 0 Å². The normalized spacial score (nSPS) is 21.0. The van der Waals surface area contributed by atoms with E-state index >= 15 is 0 Å². The second-order valence-corrected chi connectivity index (χ2v) is 6.16. The van der Waals surface area contributed by atoms with Crippen LogP contribution in [0.4, 0.5) is 0 Å². The first-order chi connectivity index (χ1) is 11.1. The number of aliphatic hydroxyl groups is 1. The minimum absolute atomic E-state index is 0. The molecule has 1 heterocycles. The number of piperidine rings is 1. The number of carboxylic acids is 1. The zero-order valence-electron chi connectivity index (χ0n) is 13.9. The molecule has 0 aromatic heterocycles. The molecular weight excluding hydrogens is 329 g/mol. The Bertz CT molecular complexity index is 660. The Morgan fingerprint density at radius 2 is 1.67 bits per heavy atom. The number of hydrogen-bond acceptors (Lipinski definition) is 4. The predicted molar refractivity (Wildman–Crippen MR) is 86.3 cm³/mol. The van der Waals surface area contributed by atoms with Crippen LogP contribution >= 0.6 is 0 Å². The van der Waals surface area contributed by atoms with E-state index in [9.17, 15) is 15.0 Å². The van der Waals surface area contributed by atoms with Crippen molar-refractivity contribution in [3.63, 3.8) is 0 Å². The Balaban J connectivity index is 0.00000208. The number of rotatable bonds is 4. The molecule has 2 aromatic carbocycles. The van der Waals surface area contributed by atoms with Crippen LogP contribution in [0.15, 0.2) is 54.6 Å². The number of carboxylic acid groups (broad SMARTS) is 1. The van der Waals surface area contributed by atoms with Crippen molar-refractivity contribution in [2.75, 3.05) is 13.1 Å². The maximum Gasteiger partial charge on any atom is 1.00 e. The quantitative estimate of drug-likeness (QED) is 0.668. The van der Waals surface area contributed by atoms with E-state index in [0.717, 1.165) is 11.1 Å². The molecule has 120 valence electrons. The van der Waals surface area contributed by atoms with E-state index in [0.29, 0.717) is 19.6 Å². The molecule has 2 atom stereocenters. The molecule has 2 unspecified atom stereocenters. The van der Waals surface area contributed by atoms with E-state index < -0.39 is 18.0 Å². The van der Waals surface area contributed by atoms with Gasteiger partial charge in [0.1, 0.15) is 0 Å². The van der Waals surface area contributed by atoms with Crippen LogP contribution in [0.5, 0.6) is 0 Å². The van der Waals surface area contributed by atoms with Gasteiger partial charge in [-0.05, 0) is 23.1 Å². The fourth-order valence-electron chi connectivity index (χ4n) is 3.15. The van der Waals surface area contributed by atoms with Crippen molar-refractivity contribution in [2.45, 2.75) is 19.1 Å². The average molecular weight is 349 g/mol. The fourth-order valence-corrected chi connectivity index (χ4v) is 3.15. The summed E-state index contributed by atoms with van der Waals surface area (Å²) in [5.41, 5.74) is 3.43. The Labute approximate surface area is 184 Å². The maximum absolute atomic E-state index is 11.1. The molecule has 0 saturated carbocycles. The van der Waals surface area contributed by atoms with Gasteiger partial charge in [-0.3, -0.25) is 4.90 Å². The van der Waals surface area contributed by atoms with Gasteiger partial charge >= 0.3 is 51.4 Å². The molecule has 0 bridgehead atoms. The first-order valence-electron chi connectivity index (χ1n) is 7.87. The first kappa shape index (κ1) is 19.8. The third kappa shape index (κ3) is 5.23. The van der Waals surface area contributed by atoms with Gasteiger partial charge in [-0.15, -0.1) is 0 Å². The molecule has 4 nitrogen and oxygen atoms in total. The monoisotopic (exact) mass is 349 g/mol. The molecule has 5 heteroatoms. The largest absolute Gasteiger partial charge is 1.00 e. The van der Waals surface area contributed by atoms with Gasteiger partial charge in [0.05, 0.1) is 6.10 Å². The number of likely N-dealkylation sites (tertiary alicyclic amines) is 1. The zero-order chi connectivity index (χ0) is 16.2. The zero-order valence-corrected chi connectivity index (χ0v) is 17.0. The molecule has 1 fully saturated rings. The van der Waals surface area contributed by atoms with Crippen molar-refractivity contribution in [3.8, 4) is 11.1 Å². The molecule has 1 saturated heterocycles. The molecule has 0 spiro atoms. The van der Waals surface area contributed by atoms with Crippen molar-refractivity contribution in [1.29, 1.82) is 0 Å². The van der Waals surface area contributed by atoms with Gasteiger partial charge in [-0.2, -0.15) is 0 Å². The van der Waals surface area contributed by atoms with Crippen molar-refractivity contribution in [1.82, 2.24) is 4.90 Å². The van der Waals surface area contributed by atoms with Crippen LogP contribution < -0.4 is 56.5 Å². The molecule has 0 radical (unpaired) electrons. The molecule has 1 aliphatic rings. The summed E-state index contributed by atoms with van der Waals surface area (Å²) in [6.45, 7) is 1.57. The van der Waals surface area contributed by atoms with Gasteiger partial charge in [0.2, 0.25) is 0 Å². The summed E-state index contributed by atoms with van der Waals surface area (Å²) in [7, 11) is 0. The van der Waals surface area contributed by atoms with Gasteiger partial charge in [0.15, 0.2) is 0 Å². The molecule has 1 N–H and O–H groups in total. The number of hydrogen-bond donors (Lipinski definition) is 1. The Morgan fingerprint density at radius 3 is 2.29 bits per heavy atom. The van der Waals surface area contributed by atoms with E-state index in [2.05, 4.69) is 36.4 Å². The SMILES string of the molecule is O=C([O-])C1CC(O)CN(Cc2ccc(-c3ccccc3)cc2)C1.[K+]. The van der Waals surface area contributed by atoms with Crippen LogP contribution in [0.3, 0.4) is 0 Å². The summed E-state index contributed by atoms with van der Waals surface area (Å²) in [4.78, 5) is 13.0. The van der Waals surface area contributed by atoms with Crippen molar-refractivity contribution >= 4 is 5.97 Å². The van der Waals surface area contributed by atoms with Crippen molar-refractivity contribution in [3.05, 3.63) is 60.2 Å². The minimum atomic E-state index is -1.08. The maximum atomic E-state index is 11.1. The Morgan fingerprint density at radius 1 is 1.04 bits per heavy atom. The standard InChI is InChI=1S/C19H21NO3.K/c21-18-10-17(19(22)23)12-20(13-18)11-14-6-8-16(9-7-14)15-4-2-1-3-5-15;/h1-9,17-18,21H,10-13H2,(H,22,23);/q;+1/p-1. The Kier molecular flexibility index (Phi) is 7.62. The molecular formula is C19H20KNO3. The predicted octanol–water partition coefficient (Wildman–Crippen LogP) is -1.71. The van der Waals surface area contributed by atoms with Gasteiger partial charge < -0.3 is 15.0 Å². The van der Waals surface area contributed by atoms with Gasteiger partial charge in [0.25, 0.3) is 0 Å². The van der Waals surface area contributed by atoms with Gasteiger partial charge in [-0.1, -0.05) is 54.6 Å². The molecule has 0 aliphatic carbocycles. The fraction of sp³-hybridized carbons (Fsp3) is 0.316. The number of aliphatic hydroxyl groups excluding tert-OH is 1. The number of carbonyl (C=O) groups is 1. The molecule has 0 amide bonds. The summed E-state index contributed by atoms with van der Waals surface area (Å²) in [5.74, 6) is -1.67. The second-order valence-electron chi connectivity index (χ2n) is 6.16. The molecule has 24 heavy (non-hydrogen) atoms. The first-order valence-corrected chi connectivity index (χ1v) is 7.87. The number of aliphatic carboxylic acids is 1. The van der Waals surface area contributed by atoms with Crippen LogP contribution in [-0.4, -0.2) is 35.2 Å². The summed E-state index contributed by atoms with van der Waals surface area (Å²) >= 11 is 0. The van der Waals surface area contributed by atoms with Crippen LogP contribution in [-0.2, 0) is 11.3 Å². The van der Waals surface area contributed by atoms with Crippen LogP contribution in [0.1, 0.15) is 12.0 Å². The minimum Gasteiger partial charge on any atom is -0.550 e. The summed E-state index contributed by atoms with van der Waals surface area (Å²) in [6.07, 6.45) is -0.318. The van der Waals surface area contributed by atoms with E-state index in [1.165, 1.54) is 5.56 Å². The summed E-state index contributed by atoms with van der Waals surface area (Å²) in [5, 5.41) is 20.9. The van der Waals surface area contributed by atoms with Gasteiger partial charge in [0, 0.05) is 31.5 Å². The average Bonchev–Trinajstić information content (AvgIpc) is 2.56. The molecule has 3 rings (SSSR count). The van der Waals surface area contributed by atoms with Crippen molar-refractivity contribution < 1.29 is 66.4 Å². The van der Waals surface area contributed by atoms with Crippen LogP contribution in [0.2, 0.25) is 0 Å². The van der Waals surface area contributed by atoms with Crippen LogP contribution in [0.25, 0.3) is 11.1 Å². The Hall–Kier alpha value is -0.534. The van der Waals surface area contributed by atoms with E-state index in [1.54, 1.807) is 0 Å². The summed E-state index contributed by atoms with van der Waals surface area (Å²) in [6, 6.07) is 18.4. The van der Waals surface area contributed by atoms with E-state index in [1.807, 2.05) is 23.1 Å². The molecule has 1 aliphatic heterocycles. The number of nitrogens with zero attached hydrogens (tertiary/aromatic N) is 1. The number of carbonyl (C=O) groups excluding carboxylic acids is 1. The topological polar surface area (TPSA) is 63.6 Å². The third-order valence-electron chi connectivity index (χ3n) is 4.30. The second kappa shape index (κ2) is 9.24. The summed E-state index contributed by atoms with van der Waals surface area (Å²) < 4.78 is 0. The van der Waals surface area contributed by atoms with E-state index in [4.69, 9.17) is 0 Å². The van der Waals surface area contributed by atoms with E-state index in [-0.39, 0.29) is 57.8 Å².